The van der Waals surface area contributed by atoms with Gasteiger partial charge in [0.15, 0.2) is 0 Å². The van der Waals surface area contributed by atoms with Crippen LogP contribution < -0.4 is 10.3 Å². The molecule has 0 saturated carbocycles. The first kappa shape index (κ1) is 21.0. The standard InChI is InChI=1S/C22H19N3O4S2/c1-14-3-7-16(8-4-14)18-12-30-21-20(18)22(27)25(13-23-21)11-19(26)24-31(28,29)17-9-5-15(2)6-10-17/h3-10,12-13H,11H2,1-2H3,(H,24,26). The molecule has 2 heterocycles. The van der Waals surface area contributed by atoms with Gasteiger partial charge in [0.05, 0.1) is 16.6 Å². The highest BCUT2D eigenvalue weighted by molar-refractivity contribution is 7.90. The van der Waals surface area contributed by atoms with E-state index in [0.717, 1.165) is 26.8 Å². The lowest BCUT2D eigenvalue weighted by atomic mass is 10.1. The second-order valence-corrected chi connectivity index (χ2v) is 9.76. The van der Waals surface area contributed by atoms with Gasteiger partial charge in [-0.25, -0.2) is 18.1 Å². The molecule has 1 N–H and O–H groups in total. The highest BCUT2D eigenvalue weighted by Gasteiger charge is 2.19. The van der Waals surface area contributed by atoms with Crippen LogP contribution in [0.5, 0.6) is 0 Å². The Kier molecular flexibility index (Phi) is 5.47. The zero-order valence-electron chi connectivity index (χ0n) is 16.8. The number of aryl methyl sites for hydroxylation is 2. The molecule has 1 amide bonds. The highest BCUT2D eigenvalue weighted by atomic mass is 32.2. The van der Waals surface area contributed by atoms with Crippen LogP contribution in [0, 0.1) is 13.8 Å². The Labute approximate surface area is 183 Å². The molecule has 4 rings (SSSR count). The van der Waals surface area contributed by atoms with Crippen LogP contribution in [-0.4, -0.2) is 23.9 Å². The fourth-order valence-electron chi connectivity index (χ4n) is 3.14. The summed E-state index contributed by atoms with van der Waals surface area (Å²) < 4.78 is 28.0. The molecule has 31 heavy (non-hydrogen) atoms. The van der Waals surface area contributed by atoms with Crippen molar-refractivity contribution in [3.05, 3.63) is 81.7 Å². The summed E-state index contributed by atoms with van der Waals surface area (Å²) in [5.41, 5.74) is 3.21. The number of hydrogen-bond acceptors (Lipinski definition) is 6. The summed E-state index contributed by atoms with van der Waals surface area (Å²) in [6, 6.07) is 13.9. The van der Waals surface area contributed by atoms with Crippen molar-refractivity contribution in [1.82, 2.24) is 14.3 Å². The number of fused-ring (bicyclic) bond motifs is 1. The summed E-state index contributed by atoms with van der Waals surface area (Å²) in [7, 11) is -4.03. The van der Waals surface area contributed by atoms with Crippen LogP contribution in [0.1, 0.15) is 11.1 Å². The monoisotopic (exact) mass is 453 g/mol. The van der Waals surface area contributed by atoms with Crippen LogP contribution >= 0.6 is 11.3 Å². The number of thiophene rings is 1. The van der Waals surface area contributed by atoms with Crippen molar-refractivity contribution in [2.75, 3.05) is 0 Å². The number of rotatable bonds is 5. The van der Waals surface area contributed by atoms with Gasteiger partial charge in [0.2, 0.25) is 0 Å². The number of carbonyl (C=O) groups excluding carboxylic acids is 1. The van der Waals surface area contributed by atoms with E-state index in [9.17, 15) is 18.0 Å². The molecule has 0 radical (unpaired) electrons. The first-order valence-corrected chi connectivity index (χ1v) is 11.8. The van der Waals surface area contributed by atoms with Gasteiger partial charge in [-0.3, -0.25) is 14.2 Å². The molecule has 4 aromatic rings. The normalized spacial score (nSPS) is 11.5. The molecule has 0 fully saturated rings. The second kappa shape index (κ2) is 8.09. The third kappa shape index (κ3) is 4.28. The lowest BCUT2D eigenvalue weighted by Crippen LogP contribution is -2.36. The summed E-state index contributed by atoms with van der Waals surface area (Å²) in [4.78, 5) is 30.3. The van der Waals surface area contributed by atoms with Gasteiger partial charge in [-0.2, -0.15) is 0 Å². The molecule has 7 nitrogen and oxygen atoms in total. The molecule has 0 aliphatic rings. The van der Waals surface area contributed by atoms with Gasteiger partial charge in [-0.05, 0) is 31.5 Å². The van der Waals surface area contributed by atoms with Gasteiger partial charge in [0.1, 0.15) is 11.4 Å². The van der Waals surface area contributed by atoms with Crippen LogP contribution in [0.3, 0.4) is 0 Å². The Bertz CT molecular complexity index is 1440. The van der Waals surface area contributed by atoms with Gasteiger partial charge >= 0.3 is 0 Å². The highest BCUT2D eigenvalue weighted by Crippen LogP contribution is 2.30. The van der Waals surface area contributed by atoms with Crippen LogP contribution in [0.4, 0.5) is 0 Å². The molecule has 158 valence electrons. The van der Waals surface area contributed by atoms with E-state index in [0.29, 0.717) is 10.2 Å². The maximum atomic E-state index is 13.1. The Morgan fingerprint density at radius 3 is 2.29 bits per heavy atom. The number of nitrogens with one attached hydrogen (secondary N) is 1. The molecule has 0 atom stereocenters. The molecule has 0 bridgehead atoms. The largest absolute Gasteiger partial charge is 0.289 e. The van der Waals surface area contributed by atoms with Crippen molar-refractivity contribution in [1.29, 1.82) is 0 Å². The number of carbonyl (C=O) groups is 1. The Hall–Kier alpha value is -3.30. The van der Waals surface area contributed by atoms with Crippen LogP contribution in [-0.2, 0) is 21.4 Å². The average Bonchev–Trinajstić information content (AvgIpc) is 3.15. The Morgan fingerprint density at radius 1 is 1.03 bits per heavy atom. The molecule has 0 aliphatic carbocycles. The molecule has 2 aromatic heterocycles. The summed E-state index contributed by atoms with van der Waals surface area (Å²) in [5.74, 6) is -0.823. The van der Waals surface area contributed by atoms with Crippen molar-refractivity contribution in [2.45, 2.75) is 25.3 Å². The minimum absolute atomic E-state index is 0.0214. The molecule has 0 aliphatic heterocycles. The van der Waals surface area contributed by atoms with Crippen molar-refractivity contribution in [2.24, 2.45) is 0 Å². The molecule has 0 saturated heterocycles. The minimum Gasteiger partial charge on any atom is -0.289 e. The third-order valence-corrected chi connectivity index (χ3v) is 7.09. The molecular formula is C22H19N3O4S2. The first-order chi connectivity index (χ1) is 14.7. The van der Waals surface area contributed by atoms with Crippen molar-refractivity contribution in [3.63, 3.8) is 0 Å². The van der Waals surface area contributed by atoms with Gasteiger partial charge in [0.25, 0.3) is 21.5 Å². The molecule has 0 unspecified atom stereocenters. The van der Waals surface area contributed by atoms with Crippen molar-refractivity contribution >= 4 is 37.5 Å². The SMILES string of the molecule is Cc1ccc(-c2csc3ncn(CC(=O)NS(=O)(=O)c4ccc(C)cc4)c(=O)c23)cc1. The van der Waals surface area contributed by atoms with Gasteiger partial charge in [-0.15, -0.1) is 11.3 Å². The van der Waals surface area contributed by atoms with Crippen LogP contribution in [0.15, 0.2) is 69.9 Å². The summed E-state index contributed by atoms with van der Waals surface area (Å²) in [6.45, 7) is 3.35. The van der Waals surface area contributed by atoms with Crippen molar-refractivity contribution in [3.8, 4) is 11.1 Å². The lowest BCUT2D eigenvalue weighted by molar-refractivity contribution is -0.119. The fraction of sp³-hybridized carbons (Fsp3) is 0.136. The number of nitrogens with zero attached hydrogens (tertiary/aromatic N) is 2. The number of hydrogen-bond donors (Lipinski definition) is 1. The first-order valence-electron chi connectivity index (χ1n) is 9.40. The van der Waals surface area contributed by atoms with E-state index in [1.165, 1.54) is 29.8 Å². The predicted molar refractivity (Wildman–Crippen MR) is 121 cm³/mol. The quantitative estimate of drug-likeness (QED) is 0.500. The number of aromatic nitrogens is 2. The van der Waals surface area contributed by atoms with E-state index in [-0.39, 0.29) is 4.90 Å². The predicted octanol–water partition coefficient (Wildman–Crippen LogP) is 3.25. The van der Waals surface area contributed by atoms with Gasteiger partial charge in [0, 0.05) is 10.9 Å². The van der Waals surface area contributed by atoms with E-state index in [1.54, 1.807) is 12.1 Å². The van der Waals surface area contributed by atoms with E-state index in [2.05, 4.69) is 4.98 Å². The molecule has 9 heteroatoms. The summed E-state index contributed by atoms with van der Waals surface area (Å²) >= 11 is 1.34. The van der Waals surface area contributed by atoms with Crippen LogP contribution in [0.2, 0.25) is 0 Å². The number of amides is 1. The zero-order valence-corrected chi connectivity index (χ0v) is 18.5. The Balaban J connectivity index is 1.63. The van der Waals surface area contributed by atoms with Gasteiger partial charge in [-0.1, -0.05) is 47.5 Å². The van der Waals surface area contributed by atoms with E-state index < -0.39 is 28.0 Å². The number of sulfonamides is 1. The maximum Gasteiger partial charge on any atom is 0.264 e. The fourth-order valence-corrected chi connectivity index (χ4v) is 5.02. The third-order valence-electron chi connectivity index (χ3n) is 4.82. The number of benzene rings is 2. The smallest absolute Gasteiger partial charge is 0.264 e. The van der Waals surface area contributed by atoms with E-state index >= 15 is 0 Å². The zero-order chi connectivity index (χ0) is 22.2. The average molecular weight is 454 g/mol. The van der Waals surface area contributed by atoms with Gasteiger partial charge < -0.3 is 0 Å². The topological polar surface area (TPSA) is 98.1 Å². The lowest BCUT2D eigenvalue weighted by Gasteiger charge is -2.09. The minimum atomic E-state index is -4.03. The molecular weight excluding hydrogens is 434 g/mol. The van der Waals surface area contributed by atoms with E-state index in [1.807, 2.05) is 48.2 Å². The second-order valence-electron chi connectivity index (χ2n) is 7.21. The van der Waals surface area contributed by atoms with Crippen molar-refractivity contribution < 1.29 is 13.2 Å². The van der Waals surface area contributed by atoms with E-state index in [4.69, 9.17) is 0 Å². The Morgan fingerprint density at radius 2 is 1.65 bits per heavy atom. The maximum absolute atomic E-state index is 13.1. The molecule has 0 spiro atoms. The summed E-state index contributed by atoms with van der Waals surface area (Å²) in [6.07, 6.45) is 1.26. The van der Waals surface area contributed by atoms with Crippen LogP contribution in [0.25, 0.3) is 21.3 Å². The summed E-state index contributed by atoms with van der Waals surface area (Å²) in [5, 5.41) is 2.27. The molecule has 2 aromatic carbocycles.